The molecule has 18 heavy (non-hydrogen) atoms. The molecular weight excluding hydrogens is 224 g/mol. The predicted molar refractivity (Wildman–Crippen MR) is 73.1 cm³/mol. The van der Waals surface area contributed by atoms with Crippen molar-refractivity contribution in [3.05, 3.63) is 35.4 Å². The molecule has 0 atom stereocenters. The number of nitrogens with zero attached hydrogens (tertiary/aromatic N) is 1. The normalized spacial score (nSPS) is 14.6. The second kappa shape index (κ2) is 6.01. The molecule has 2 rings (SSSR count). The molecule has 1 fully saturated rings. The number of benzene rings is 1. The quantitative estimate of drug-likeness (QED) is 0.835. The number of carbonyl (C=O) groups is 1. The monoisotopic (exact) mass is 246 g/mol. The average molecular weight is 246 g/mol. The summed E-state index contributed by atoms with van der Waals surface area (Å²) in [6, 6.07) is 8.54. The highest BCUT2D eigenvalue weighted by atomic mass is 16.2. The van der Waals surface area contributed by atoms with Gasteiger partial charge in [0.15, 0.2) is 0 Å². The molecule has 0 aromatic heterocycles. The Balaban J connectivity index is 1.95. The summed E-state index contributed by atoms with van der Waals surface area (Å²) in [6.45, 7) is 3.57. The summed E-state index contributed by atoms with van der Waals surface area (Å²) in [5, 5.41) is 0. The molecule has 1 aliphatic rings. The van der Waals surface area contributed by atoms with E-state index in [1.165, 1.54) is 12.8 Å². The number of hydrogen-bond acceptors (Lipinski definition) is 2. The fourth-order valence-corrected chi connectivity index (χ4v) is 2.21. The number of amides is 1. The number of nitrogens with two attached hydrogens (primary N) is 1. The van der Waals surface area contributed by atoms with Gasteiger partial charge in [0.1, 0.15) is 0 Å². The molecule has 1 aromatic rings. The van der Waals surface area contributed by atoms with Gasteiger partial charge < -0.3 is 10.6 Å². The fraction of sp³-hybridized carbons (Fsp3) is 0.533. The molecule has 1 saturated carbocycles. The van der Waals surface area contributed by atoms with Crippen LogP contribution >= 0.6 is 0 Å². The van der Waals surface area contributed by atoms with E-state index in [9.17, 15) is 4.79 Å². The Bertz CT molecular complexity index is 395. The second-order valence-electron chi connectivity index (χ2n) is 5.02. The Morgan fingerprint density at radius 1 is 1.28 bits per heavy atom. The van der Waals surface area contributed by atoms with Crippen LogP contribution in [0.1, 0.15) is 37.3 Å². The van der Waals surface area contributed by atoms with Gasteiger partial charge in [-0.1, -0.05) is 31.2 Å². The second-order valence-corrected chi connectivity index (χ2v) is 5.02. The Hall–Kier alpha value is -1.35. The highest BCUT2D eigenvalue weighted by Gasteiger charge is 2.31. The first-order valence-corrected chi connectivity index (χ1v) is 6.82. The van der Waals surface area contributed by atoms with E-state index in [1.807, 2.05) is 24.3 Å². The van der Waals surface area contributed by atoms with Crippen molar-refractivity contribution in [2.45, 2.75) is 45.2 Å². The van der Waals surface area contributed by atoms with Crippen molar-refractivity contribution in [1.29, 1.82) is 0 Å². The average Bonchev–Trinajstić information content (AvgIpc) is 3.21. The van der Waals surface area contributed by atoms with Crippen LogP contribution in [-0.2, 0) is 17.8 Å². The van der Waals surface area contributed by atoms with E-state index in [4.69, 9.17) is 5.73 Å². The van der Waals surface area contributed by atoms with E-state index in [2.05, 4.69) is 11.8 Å². The minimum atomic E-state index is 0.264. The zero-order valence-corrected chi connectivity index (χ0v) is 11.1. The Kier molecular flexibility index (Phi) is 4.37. The van der Waals surface area contributed by atoms with Gasteiger partial charge >= 0.3 is 0 Å². The van der Waals surface area contributed by atoms with Gasteiger partial charge in [0, 0.05) is 19.1 Å². The van der Waals surface area contributed by atoms with E-state index in [0.29, 0.717) is 19.0 Å². The van der Waals surface area contributed by atoms with Crippen LogP contribution in [0.2, 0.25) is 0 Å². The van der Waals surface area contributed by atoms with Gasteiger partial charge in [0.05, 0.1) is 6.42 Å². The molecule has 0 bridgehead atoms. The summed E-state index contributed by atoms with van der Waals surface area (Å²) < 4.78 is 0. The molecular formula is C15H22N2O. The minimum Gasteiger partial charge on any atom is -0.339 e. The molecule has 1 amide bonds. The zero-order valence-electron chi connectivity index (χ0n) is 11.1. The Labute approximate surface area is 109 Å². The Morgan fingerprint density at radius 2 is 1.89 bits per heavy atom. The molecule has 3 heteroatoms. The molecule has 0 aliphatic heterocycles. The third-order valence-corrected chi connectivity index (χ3v) is 3.39. The molecule has 2 N–H and O–H groups in total. The van der Waals surface area contributed by atoms with E-state index in [1.54, 1.807) is 0 Å². The van der Waals surface area contributed by atoms with E-state index >= 15 is 0 Å². The predicted octanol–water partition coefficient (Wildman–Crippen LogP) is 2.09. The molecule has 3 nitrogen and oxygen atoms in total. The number of carbonyl (C=O) groups excluding carboxylic acids is 1. The van der Waals surface area contributed by atoms with Crippen molar-refractivity contribution < 1.29 is 4.79 Å². The van der Waals surface area contributed by atoms with Gasteiger partial charge in [0.25, 0.3) is 0 Å². The maximum absolute atomic E-state index is 12.2. The fourth-order valence-electron chi connectivity index (χ4n) is 2.21. The van der Waals surface area contributed by atoms with Crippen LogP contribution in [0.15, 0.2) is 24.3 Å². The molecule has 0 spiro atoms. The van der Waals surface area contributed by atoms with Crippen LogP contribution in [0.4, 0.5) is 0 Å². The van der Waals surface area contributed by atoms with E-state index in [0.717, 1.165) is 24.1 Å². The van der Waals surface area contributed by atoms with Crippen LogP contribution in [0, 0.1) is 0 Å². The Morgan fingerprint density at radius 3 is 2.39 bits per heavy atom. The SMILES string of the molecule is CCCN(C(=O)Cc1ccc(CN)cc1)C1CC1. The summed E-state index contributed by atoms with van der Waals surface area (Å²) in [5.41, 5.74) is 7.75. The lowest BCUT2D eigenvalue weighted by Crippen LogP contribution is -2.34. The highest BCUT2D eigenvalue weighted by Crippen LogP contribution is 2.27. The summed E-state index contributed by atoms with van der Waals surface area (Å²) >= 11 is 0. The molecule has 1 aliphatic carbocycles. The topological polar surface area (TPSA) is 46.3 Å². The largest absolute Gasteiger partial charge is 0.339 e. The lowest BCUT2D eigenvalue weighted by atomic mass is 10.1. The van der Waals surface area contributed by atoms with Crippen LogP contribution in [-0.4, -0.2) is 23.4 Å². The number of rotatable bonds is 6. The van der Waals surface area contributed by atoms with Crippen LogP contribution in [0.5, 0.6) is 0 Å². The summed E-state index contributed by atoms with van der Waals surface area (Å²) in [7, 11) is 0. The molecule has 0 heterocycles. The van der Waals surface area contributed by atoms with E-state index < -0.39 is 0 Å². The standard InChI is InChI=1S/C15H22N2O/c1-2-9-17(14-7-8-14)15(18)10-12-3-5-13(11-16)6-4-12/h3-6,14H,2,7-11,16H2,1H3. The van der Waals surface area contributed by atoms with Crippen molar-refractivity contribution in [1.82, 2.24) is 4.90 Å². The van der Waals surface area contributed by atoms with Gasteiger partial charge in [-0.2, -0.15) is 0 Å². The molecule has 98 valence electrons. The summed E-state index contributed by atoms with van der Waals surface area (Å²) in [6.07, 6.45) is 3.91. The third-order valence-electron chi connectivity index (χ3n) is 3.39. The molecule has 0 radical (unpaired) electrons. The lowest BCUT2D eigenvalue weighted by Gasteiger charge is -2.21. The van der Waals surface area contributed by atoms with Crippen LogP contribution < -0.4 is 5.73 Å². The molecule has 0 unspecified atom stereocenters. The van der Waals surface area contributed by atoms with Crippen molar-refractivity contribution in [3.63, 3.8) is 0 Å². The van der Waals surface area contributed by atoms with Gasteiger partial charge in [-0.05, 0) is 30.4 Å². The first kappa shape index (κ1) is 13.1. The first-order chi connectivity index (χ1) is 8.74. The van der Waals surface area contributed by atoms with Crippen molar-refractivity contribution in [3.8, 4) is 0 Å². The summed E-state index contributed by atoms with van der Waals surface area (Å²) in [4.78, 5) is 14.3. The summed E-state index contributed by atoms with van der Waals surface area (Å²) in [5.74, 6) is 0.264. The van der Waals surface area contributed by atoms with Crippen molar-refractivity contribution in [2.24, 2.45) is 5.73 Å². The minimum absolute atomic E-state index is 0.264. The molecule has 1 aromatic carbocycles. The molecule has 0 saturated heterocycles. The zero-order chi connectivity index (χ0) is 13.0. The first-order valence-electron chi connectivity index (χ1n) is 6.82. The van der Waals surface area contributed by atoms with Gasteiger partial charge in [-0.15, -0.1) is 0 Å². The highest BCUT2D eigenvalue weighted by molar-refractivity contribution is 5.79. The van der Waals surface area contributed by atoms with Gasteiger partial charge in [-0.25, -0.2) is 0 Å². The maximum atomic E-state index is 12.2. The lowest BCUT2D eigenvalue weighted by molar-refractivity contribution is -0.131. The number of hydrogen-bond donors (Lipinski definition) is 1. The third kappa shape index (κ3) is 3.33. The van der Waals surface area contributed by atoms with Crippen molar-refractivity contribution in [2.75, 3.05) is 6.54 Å². The van der Waals surface area contributed by atoms with Gasteiger partial charge in [0.2, 0.25) is 5.91 Å². The van der Waals surface area contributed by atoms with Crippen LogP contribution in [0.3, 0.4) is 0 Å². The van der Waals surface area contributed by atoms with Gasteiger partial charge in [-0.3, -0.25) is 4.79 Å². The van der Waals surface area contributed by atoms with Crippen LogP contribution in [0.25, 0.3) is 0 Å². The van der Waals surface area contributed by atoms with E-state index in [-0.39, 0.29) is 5.91 Å². The van der Waals surface area contributed by atoms with Crippen molar-refractivity contribution >= 4 is 5.91 Å². The smallest absolute Gasteiger partial charge is 0.227 e. The maximum Gasteiger partial charge on any atom is 0.227 e.